The second kappa shape index (κ2) is 7.04. The molecule has 24 heavy (non-hydrogen) atoms. The highest BCUT2D eigenvalue weighted by Crippen LogP contribution is 2.31. The van der Waals surface area contributed by atoms with Crippen molar-refractivity contribution in [2.24, 2.45) is 0 Å². The summed E-state index contributed by atoms with van der Waals surface area (Å²) >= 11 is 0. The Morgan fingerprint density at radius 1 is 0.958 bits per heavy atom. The van der Waals surface area contributed by atoms with Crippen molar-refractivity contribution in [2.75, 3.05) is 0 Å². The number of aromatic nitrogens is 1. The predicted octanol–water partition coefficient (Wildman–Crippen LogP) is 4.33. The van der Waals surface area contributed by atoms with Crippen molar-refractivity contribution in [3.8, 4) is 5.75 Å². The first-order valence-electron chi connectivity index (χ1n) is 7.58. The van der Waals surface area contributed by atoms with Gasteiger partial charge in [0.25, 0.3) is 0 Å². The van der Waals surface area contributed by atoms with E-state index in [1.807, 2.05) is 30.3 Å². The molecule has 0 amide bonds. The van der Waals surface area contributed by atoms with Gasteiger partial charge in [-0.2, -0.15) is 0 Å². The molecule has 1 heterocycles. The minimum Gasteiger partial charge on any atom is -0.427 e. The summed E-state index contributed by atoms with van der Waals surface area (Å²) in [5, 5.41) is 0. The zero-order valence-electron chi connectivity index (χ0n) is 13.1. The van der Waals surface area contributed by atoms with Crippen LogP contribution >= 0.6 is 0 Å². The average molecular weight is 321 g/mol. The van der Waals surface area contributed by atoms with Crippen LogP contribution in [0.3, 0.4) is 0 Å². The van der Waals surface area contributed by atoms with Gasteiger partial charge < -0.3 is 4.74 Å². The lowest BCUT2D eigenvalue weighted by Gasteiger charge is -2.18. The molecule has 0 saturated carbocycles. The van der Waals surface area contributed by atoms with E-state index < -0.39 is 0 Å². The zero-order valence-corrected chi connectivity index (χ0v) is 13.1. The third-order valence-corrected chi connectivity index (χ3v) is 3.66. The fourth-order valence-electron chi connectivity index (χ4n) is 2.63. The fraction of sp³-hybridized carbons (Fsp3) is 0.100. The maximum Gasteiger partial charge on any atom is 0.308 e. The van der Waals surface area contributed by atoms with Crippen LogP contribution in [0.25, 0.3) is 0 Å². The summed E-state index contributed by atoms with van der Waals surface area (Å²) in [6, 6.07) is 19.4. The van der Waals surface area contributed by atoms with Crippen LogP contribution in [0.2, 0.25) is 0 Å². The molecule has 4 heteroatoms. The van der Waals surface area contributed by atoms with Gasteiger partial charge in [0.1, 0.15) is 11.6 Å². The molecule has 120 valence electrons. The Hall–Kier alpha value is -3.01. The Balaban J connectivity index is 2.01. The van der Waals surface area contributed by atoms with Gasteiger partial charge >= 0.3 is 5.97 Å². The van der Waals surface area contributed by atoms with E-state index in [1.165, 1.54) is 19.1 Å². The number of carbonyl (C=O) groups excluding carboxylic acids is 1. The van der Waals surface area contributed by atoms with Crippen LogP contribution in [0.1, 0.15) is 29.7 Å². The van der Waals surface area contributed by atoms with Gasteiger partial charge in [0.15, 0.2) is 0 Å². The summed E-state index contributed by atoms with van der Waals surface area (Å²) in [5.74, 6) is -0.269. The lowest BCUT2D eigenvalue weighted by molar-refractivity contribution is -0.131. The number of nitrogens with zero attached hydrogens (tertiary/aromatic N) is 1. The maximum atomic E-state index is 13.3. The van der Waals surface area contributed by atoms with Gasteiger partial charge in [-0.1, -0.05) is 30.3 Å². The van der Waals surface area contributed by atoms with Crippen molar-refractivity contribution in [1.82, 2.24) is 4.98 Å². The number of esters is 1. The molecule has 1 atom stereocenters. The van der Waals surface area contributed by atoms with E-state index in [-0.39, 0.29) is 17.7 Å². The first-order valence-corrected chi connectivity index (χ1v) is 7.58. The number of benzene rings is 2. The minimum atomic E-state index is -0.359. The van der Waals surface area contributed by atoms with Gasteiger partial charge in [-0.25, -0.2) is 4.39 Å². The van der Waals surface area contributed by atoms with Crippen LogP contribution < -0.4 is 4.74 Å². The smallest absolute Gasteiger partial charge is 0.308 e. The van der Waals surface area contributed by atoms with Gasteiger partial charge in [0.05, 0.1) is 11.6 Å². The van der Waals surface area contributed by atoms with Crippen LogP contribution in [0.15, 0.2) is 72.9 Å². The molecule has 2 aromatic carbocycles. The van der Waals surface area contributed by atoms with E-state index >= 15 is 0 Å². The number of rotatable bonds is 4. The Bertz CT molecular complexity index is 815. The molecule has 3 nitrogen and oxygen atoms in total. The molecule has 0 radical (unpaired) electrons. The predicted molar refractivity (Wildman–Crippen MR) is 89.3 cm³/mol. The molecule has 0 N–H and O–H groups in total. The first kappa shape index (κ1) is 15.9. The summed E-state index contributed by atoms with van der Waals surface area (Å²) < 4.78 is 18.3. The largest absolute Gasteiger partial charge is 0.427 e. The molecule has 0 aliphatic carbocycles. The van der Waals surface area contributed by atoms with E-state index in [9.17, 15) is 9.18 Å². The van der Waals surface area contributed by atoms with Crippen molar-refractivity contribution in [2.45, 2.75) is 12.8 Å². The molecule has 1 unspecified atom stereocenters. The molecule has 0 spiro atoms. The van der Waals surface area contributed by atoms with E-state index in [1.54, 1.807) is 30.5 Å². The topological polar surface area (TPSA) is 39.2 Å². The molecular weight excluding hydrogens is 305 g/mol. The quantitative estimate of drug-likeness (QED) is 0.530. The fourth-order valence-corrected chi connectivity index (χ4v) is 2.63. The average Bonchev–Trinajstić information content (AvgIpc) is 2.59. The number of hydrogen-bond donors (Lipinski definition) is 0. The second-order valence-electron chi connectivity index (χ2n) is 5.40. The van der Waals surface area contributed by atoms with Crippen LogP contribution in [0, 0.1) is 5.82 Å². The number of hydrogen-bond acceptors (Lipinski definition) is 3. The van der Waals surface area contributed by atoms with Crippen LogP contribution in [0.5, 0.6) is 5.75 Å². The Kier molecular flexibility index (Phi) is 4.66. The minimum absolute atomic E-state index is 0.127. The zero-order chi connectivity index (χ0) is 16.9. The van der Waals surface area contributed by atoms with Gasteiger partial charge in [0, 0.05) is 13.1 Å². The highest BCUT2D eigenvalue weighted by molar-refractivity contribution is 5.69. The normalized spacial score (nSPS) is 11.8. The molecule has 3 aromatic rings. The van der Waals surface area contributed by atoms with Gasteiger partial charge in [-0.3, -0.25) is 9.78 Å². The second-order valence-corrected chi connectivity index (χ2v) is 5.40. The lowest BCUT2D eigenvalue weighted by atomic mass is 9.88. The van der Waals surface area contributed by atoms with Crippen LogP contribution in [-0.2, 0) is 4.79 Å². The van der Waals surface area contributed by atoms with Gasteiger partial charge in [-0.05, 0) is 47.5 Å². The molecule has 1 aromatic heterocycles. The summed E-state index contributed by atoms with van der Waals surface area (Å²) in [7, 11) is 0. The summed E-state index contributed by atoms with van der Waals surface area (Å²) in [4.78, 5) is 15.5. The molecular formula is C20H16FNO2. The molecule has 0 bridgehead atoms. The van der Waals surface area contributed by atoms with E-state index in [2.05, 4.69) is 4.98 Å². The van der Waals surface area contributed by atoms with E-state index in [0.29, 0.717) is 5.75 Å². The van der Waals surface area contributed by atoms with E-state index in [4.69, 9.17) is 4.74 Å². The number of halogens is 1. The van der Waals surface area contributed by atoms with E-state index in [0.717, 1.165) is 16.8 Å². The lowest BCUT2D eigenvalue weighted by Crippen LogP contribution is -2.06. The monoisotopic (exact) mass is 321 g/mol. The third kappa shape index (κ3) is 3.66. The van der Waals surface area contributed by atoms with Crippen molar-refractivity contribution >= 4 is 5.97 Å². The highest BCUT2D eigenvalue weighted by Gasteiger charge is 2.18. The summed E-state index contributed by atoms with van der Waals surface area (Å²) in [6.45, 7) is 1.36. The Morgan fingerprint density at radius 2 is 1.58 bits per heavy atom. The first-order chi connectivity index (χ1) is 11.6. The van der Waals surface area contributed by atoms with Crippen molar-refractivity contribution in [3.05, 3.63) is 95.6 Å². The Labute approximate surface area is 139 Å². The number of carbonyl (C=O) groups is 1. The SMILES string of the molecule is CC(=O)Oc1ccc(C(c2ccc(F)cc2)c2ccccn2)cc1. The summed E-state index contributed by atoms with van der Waals surface area (Å²) in [6.07, 6.45) is 1.74. The Morgan fingerprint density at radius 3 is 2.12 bits per heavy atom. The standard InChI is InChI=1S/C20H16FNO2/c1-14(23)24-18-11-7-16(8-12-18)20(19-4-2-3-13-22-19)15-5-9-17(21)10-6-15/h2-13,20H,1H3. The molecule has 0 fully saturated rings. The third-order valence-electron chi connectivity index (χ3n) is 3.66. The maximum absolute atomic E-state index is 13.3. The van der Waals surface area contributed by atoms with Gasteiger partial charge in [-0.15, -0.1) is 0 Å². The van der Waals surface area contributed by atoms with Crippen molar-refractivity contribution in [3.63, 3.8) is 0 Å². The van der Waals surface area contributed by atoms with Crippen LogP contribution in [0.4, 0.5) is 4.39 Å². The molecule has 0 aliphatic rings. The van der Waals surface area contributed by atoms with Crippen molar-refractivity contribution < 1.29 is 13.9 Å². The molecule has 0 aliphatic heterocycles. The summed E-state index contributed by atoms with van der Waals surface area (Å²) in [5.41, 5.74) is 2.79. The number of ether oxygens (including phenoxy) is 1. The highest BCUT2D eigenvalue weighted by atomic mass is 19.1. The molecule has 3 rings (SSSR count). The molecule has 0 saturated heterocycles. The van der Waals surface area contributed by atoms with Crippen LogP contribution in [-0.4, -0.2) is 11.0 Å². The van der Waals surface area contributed by atoms with Crippen molar-refractivity contribution in [1.29, 1.82) is 0 Å². The van der Waals surface area contributed by atoms with Gasteiger partial charge in [0.2, 0.25) is 0 Å². The number of pyridine rings is 1.